The lowest BCUT2D eigenvalue weighted by molar-refractivity contribution is 0.245. The smallest absolute Gasteiger partial charge is 0.191 e. The fraction of sp³-hybridized carbons (Fsp3) is 0.545. The molecule has 1 saturated heterocycles. The van der Waals surface area contributed by atoms with Gasteiger partial charge in [-0.25, -0.2) is 4.98 Å². The molecule has 0 saturated carbocycles. The maximum absolute atomic E-state index is 4.38. The molecule has 0 radical (unpaired) electrons. The van der Waals surface area contributed by atoms with Crippen LogP contribution in [-0.4, -0.2) is 53.1 Å². The molecule has 1 aliphatic heterocycles. The fourth-order valence-corrected chi connectivity index (χ4v) is 3.84. The number of benzene rings is 1. The van der Waals surface area contributed by atoms with Crippen molar-refractivity contribution in [2.45, 2.75) is 51.7 Å². The van der Waals surface area contributed by atoms with Gasteiger partial charge in [0.15, 0.2) is 5.96 Å². The van der Waals surface area contributed by atoms with Gasteiger partial charge in [-0.2, -0.15) is 0 Å². The number of guanidine groups is 1. The number of unbranched alkanes of at least 4 members (excludes halogenated alkanes) is 1. The normalized spacial score (nSPS) is 17.8. The van der Waals surface area contributed by atoms with Gasteiger partial charge >= 0.3 is 0 Å². The zero-order valence-electron chi connectivity index (χ0n) is 17.3. The van der Waals surface area contributed by atoms with Crippen molar-refractivity contribution in [2.24, 2.45) is 4.99 Å². The van der Waals surface area contributed by atoms with Crippen LogP contribution in [0.3, 0.4) is 0 Å². The number of nitrogens with one attached hydrogen (secondary N) is 2. The number of hydrogen-bond donors (Lipinski definition) is 2. The predicted octanol–water partition coefficient (Wildman–Crippen LogP) is 2.80. The summed E-state index contributed by atoms with van der Waals surface area (Å²) in [6, 6.07) is 11.3. The third kappa shape index (κ3) is 6.09. The summed E-state index contributed by atoms with van der Waals surface area (Å²) in [7, 11) is 1.85. The number of hydrogen-bond acceptors (Lipinski definition) is 3. The summed E-state index contributed by atoms with van der Waals surface area (Å²) in [4.78, 5) is 11.2. The van der Waals surface area contributed by atoms with E-state index in [0.717, 1.165) is 50.8 Å². The van der Waals surface area contributed by atoms with Crippen molar-refractivity contribution in [1.29, 1.82) is 0 Å². The Labute approximate surface area is 169 Å². The standard InChI is InChI=1S/C22H34N6/c1-19-24-13-16-27(19)14-7-6-12-25-22(23-2)26-17-21-11-8-15-28(21)18-20-9-4-3-5-10-20/h3-5,9-10,13,16,21H,6-8,11-12,14-15,17-18H2,1-2H3,(H2,23,25,26). The van der Waals surface area contributed by atoms with E-state index in [2.05, 4.69) is 60.4 Å². The summed E-state index contributed by atoms with van der Waals surface area (Å²) in [6.45, 7) is 7.17. The molecule has 152 valence electrons. The van der Waals surface area contributed by atoms with E-state index in [-0.39, 0.29) is 0 Å². The Kier molecular flexibility index (Phi) is 7.91. The van der Waals surface area contributed by atoms with Gasteiger partial charge in [0, 0.05) is 51.7 Å². The molecule has 0 aliphatic carbocycles. The Hall–Kier alpha value is -2.34. The topological polar surface area (TPSA) is 57.5 Å². The average Bonchev–Trinajstić information content (AvgIpc) is 3.33. The van der Waals surface area contributed by atoms with Crippen LogP contribution >= 0.6 is 0 Å². The molecule has 3 rings (SSSR count). The van der Waals surface area contributed by atoms with Crippen LogP contribution < -0.4 is 10.6 Å². The maximum atomic E-state index is 4.38. The van der Waals surface area contributed by atoms with E-state index < -0.39 is 0 Å². The molecule has 2 aromatic rings. The summed E-state index contributed by atoms with van der Waals surface area (Å²) in [5, 5.41) is 6.97. The van der Waals surface area contributed by atoms with Crippen molar-refractivity contribution in [3.05, 3.63) is 54.1 Å². The molecule has 0 bridgehead atoms. The zero-order chi connectivity index (χ0) is 19.6. The van der Waals surface area contributed by atoms with Gasteiger partial charge < -0.3 is 15.2 Å². The first-order valence-corrected chi connectivity index (χ1v) is 10.5. The number of aromatic nitrogens is 2. The minimum Gasteiger partial charge on any atom is -0.356 e. The second-order valence-electron chi connectivity index (χ2n) is 7.51. The first kappa shape index (κ1) is 20.4. The summed E-state index contributed by atoms with van der Waals surface area (Å²) in [6.07, 6.45) is 8.69. The number of aryl methyl sites for hydroxylation is 2. The van der Waals surface area contributed by atoms with Crippen LogP contribution in [0, 0.1) is 6.92 Å². The van der Waals surface area contributed by atoms with Crippen LogP contribution in [-0.2, 0) is 13.1 Å². The highest BCUT2D eigenvalue weighted by Crippen LogP contribution is 2.19. The van der Waals surface area contributed by atoms with Crippen molar-refractivity contribution >= 4 is 5.96 Å². The molecule has 1 fully saturated rings. The van der Waals surface area contributed by atoms with Crippen LogP contribution in [0.15, 0.2) is 47.7 Å². The molecular weight excluding hydrogens is 348 g/mol. The second-order valence-corrected chi connectivity index (χ2v) is 7.51. The summed E-state index contributed by atoms with van der Waals surface area (Å²) >= 11 is 0. The molecule has 28 heavy (non-hydrogen) atoms. The molecule has 1 aliphatic rings. The van der Waals surface area contributed by atoms with E-state index in [1.807, 2.05) is 26.4 Å². The monoisotopic (exact) mass is 382 g/mol. The molecular formula is C22H34N6. The Morgan fingerprint density at radius 1 is 1.21 bits per heavy atom. The third-order valence-corrected chi connectivity index (χ3v) is 5.50. The van der Waals surface area contributed by atoms with Crippen LogP contribution in [0.5, 0.6) is 0 Å². The Morgan fingerprint density at radius 3 is 2.82 bits per heavy atom. The molecule has 0 amide bonds. The van der Waals surface area contributed by atoms with E-state index in [1.54, 1.807) is 0 Å². The number of imidazole rings is 1. The molecule has 1 aromatic heterocycles. The lowest BCUT2D eigenvalue weighted by Crippen LogP contribution is -2.44. The number of likely N-dealkylation sites (tertiary alicyclic amines) is 1. The number of nitrogens with zero attached hydrogens (tertiary/aromatic N) is 4. The molecule has 1 atom stereocenters. The van der Waals surface area contributed by atoms with Gasteiger partial charge in [-0.3, -0.25) is 9.89 Å². The highest BCUT2D eigenvalue weighted by atomic mass is 15.2. The van der Waals surface area contributed by atoms with E-state index >= 15 is 0 Å². The van der Waals surface area contributed by atoms with E-state index in [0.29, 0.717) is 6.04 Å². The molecule has 0 spiro atoms. The third-order valence-electron chi connectivity index (χ3n) is 5.50. The largest absolute Gasteiger partial charge is 0.356 e. The quantitative estimate of drug-likeness (QED) is 0.398. The first-order valence-electron chi connectivity index (χ1n) is 10.5. The van der Waals surface area contributed by atoms with E-state index in [4.69, 9.17) is 0 Å². The van der Waals surface area contributed by atoms with Gasteiger partial charge in [-0.05, 0) is 44.7 Å². The predicted molar refractivity (Wildman–Crippen MR) is 115 cm³/mol. The minimum absolute atomic E-state index is 0.572. The Balaban J connectivity index is 1.34. The summed E-state index contributed by atoms with van der Waals surface area (Å²) < 4.78 is 2.20. The number of rotatable bonds is 9. The van der Waals surface area contributed by atoms with Gasteiger partial charge in [0.05, 0.1) is 0 Å². The lowest BCUT2D eigenvalue weighted by Gasteiger charge is -2.25. The van der Waals surface area contributed by atoms with E-state index in [1.165, 1.54) is 24.9 Å². The average molecular weight is 383 g/mol. The van der Waals surface area contributed by atoms with Crippen molar-refractivity contribution < 1.29 is 0 Å². The van der Waals surface area contributed by atoms with Crippen LogP contribution in [0.1, 0.15) is 37.1 Å². The molecule has 6 nitrogen and oxygen atoms in total. The molecule has 2 N–H and O–H groups in total. The van der Waals surface area contributed by atoms with Gasteiger partial charge in [0.1, 0.15) is 5.82 Å². The molecule has 1 aromatic carbocycles. The van der Waals surface area contributed by atoms with Gasteiger partial charge in [-0.15, -0.1) is 0 Å². The second kappa shape index (κ2) is 10.9. The van der Waals surface area contributed by atoms with Gasteiger partial charge in [0.25, 0.3) is 0 Å². The lowest BCUT2D eigenvalue weighted by atomic mass is 10.2. The van der Waals surface area contributed by atoms with Crippen LogP contribution in [0.2, 0.25) is 0 Å². The molecule has 6 heteroatoms. The van der Waals surface area contributed by atoms with Gasteiger partial charge in [-0.1, -0.05) is 30.3 Å². The fourth-order valence-electron chi connectivity index (χ4n) is 3.84. The van der Waals surface area contributed by atoms with Crippen LogP contribution in [0.4, 0.5) is 0 Å². The minimum atomic E-state index is 0.572. The van der Waals surface area contributed by atoms with E-state index in [9.17, 15) is 0 Å². The first-order chi connectivity index (χ1) is 13.8. The zero-order valence-corrected chi connectivity index (χ0v) is 17.3. The van der Waals surface area contributed by atoms with Crippen LogP contribution in [0.25, 0.3) is 0 Å². The summed E-state index contributed by atoms with van der Waals surface area (Å²) in [5.74, 6) is 1.99. The molecule has 1 unspecified atom stereocenters. The SMILES string of the molecule is CN=C(NCCCCn1ccnc1C)NCC1CCCN1Cc1ccccc1. The maximum Gasteiger partial charge on any atom is 0.191 e. The van der Waals surface area contributed by atoms with Crippen molar-refractivity contribution in [3.8, 4) is 0 Å². The Morgan fingerprint density at radius 2 is 2.07 bits per heavy atom. The number of aliphatic imine (C=N–C) groups is 1. The highest BCUT2D eigenvalue weighted by Gasteiger charge is 2.24. The van der Waals surface area contributed by atoms with Crippen molar-refractivity contribution in [1.82, 2.24) is 25.1 Å². The summed E-state index contributed by atoms with van der Waals surface area (Å²) in [5.41, 5.74) is 1.39. The van der Waals surface area contributed by atoms with Gasteiger partial charge in [0.2, 0.25) is 0 Å². The van der Waals surface area contributed by atoms with Crippen molar-refractivity contribution in [3.63, 3.8) is 0 Å². The van der Waals surface area contributed by atoms with Crippen molar-refractivity contribution in [2.75, 3.05) is 26.7 Å². The highest BCUT2D eigenvalue weighted by molar-refractivity contribution is 5.79. The Bertz CT molecular complexity index is 724. The molecule has 2 heterocycles.